The number of rotatable bonds is 3. The van der Waals surface area contributed by atoms with E-state index in [2.05, 4.69) is 11.1 Å². The first-order valence-corrected chi connectivity index (χ1v) is 6.61. The maximum Gasteiger partial charge on any atom is 0.220 e. The number of aryl methyl sites for hydroxylation is 1. The van der Waals surface area contributed by atoms with Crippen LogP contribution in [0.4, 0.5) is 0 Å². The Hall–Kier alpha value is -2.88. The van der Waals surface area contributed by atoms with E-state index >= 15 is 0 Å². The number of hydrogen-bond acceptors (Lipinski definition) is 3. The Morgan fingerprint density at radius 1 is 1.05 bits per heavy atom. The van der Waals surface area contributed by atoms with Gasteiger partial charge < -0.3 is 10.5 Å². The number of nitrogens with zero attached hydrogens (tertiary/aromatic N) is 1. The molecule has 0 fully saturated rings. The molecule has 2 aromatic carbocycles. The lowest BCUT2D eigenvalue weighted by Gasteiger charge is -2.08. The normalized spacial score (nSPS) is 10.5. The molecule has 1 aromatic heterocycles. The predicted octanol–water partition coefficient (Wildman–Crippen LogP) is 3.62. The van der Waals surface area contributed by atoms with Gasteiger partial charge >= 0.3 is 0 Å². The first-order chi connectivity index (χ1) is 10.1. The molecular formula is C17H15N3O. The fourth-order valence-electron chi connectivity index (χ4n) is 2.20. The van der Waals surface area contributed by atoms with Crippen LogP contribution >= 0.6 is 0 Å². The molecule has 0 radical (unpaired) electrons. The van der Waals surface area contributed by atoms with Crippen LogP contribution in [0, 0.1) is 12.3 Å². The average molecular weight is 277 g/mol. The summed E-state index contributed by atoms with van der Waals surface area (Å²) < 4.78 is 5.79. The Labute approximate surface area is 122 Å². The Morgan fingerprint density at radius 3 is 2.57 bits per heavy atom. The largest absolute Gasteiger partial charge is 0.439 e. The van der Waals surface area contributed by atoms with Crippen LogP contribution in [0.5, 0.6) is 11.6 Å². The van der Waals surface area contributed by atoms with Crippen molar-refractivity contribution in [1.29, 1.82) is 5.41 Å². The molecule has 4 heteroatoms. The zero-order chi connectivity index (χ0) is 14.8. The first kappa shape index (κ1) is 13.1. The second kappa shape index (κ2) is 5.25. The van der Waals surface area contributed by atoms with Crippen molar-refractivity contribution in [2.24, 2.45) is 5.73 Å². The van der Waals surface area contributed by atoms with Crippen LogP contribution in [0.3, 0.4) is 0 Å². The molecule has 0 saturated heterocycles. The number of fused-ring (bicyclic) bond motifs is 1. The summed E-state index contributed by atoms with van der Waals surface area (Å²) in [5, 5.41) is 9.78. The second-order valence-corrected chi connectivity index (χ2v) is 4.86. The molecule has 4 nitrogen and oxygen atoms in total. The Balaban J connectivity index is 1.96. The highest BCUT2D eigenvalue weighted by Crippen LogP contribution is 2.25. The van der Waals surface area contributed by atoms with E-state index < -0.39 is 0 Å². The monoisotopic (exact) mass is 277 g/mol. The minimum atomic E-state index is 0.00358. The van der Waals surface area contributed by atoms with Crippen molar-refractivity contribution >= 4 is 16.6 Å². The molecule has 0 aliphatic heterocycles. The number of pyridine rings is 1. The zero-order valence-electron chi connectivity index (χ0n) is 11.6. The molecule has 104 valence electrons. The van der Waals surface area contributed by atoms with Gasteiger partial charge in [0.05, 0.1) is 0 Å². The minimum absolute atomic E-state index is 0.00358. The van der Waals surface area contributed by atoms with E-state index in [1.165, 1.54) is 0 Å². The van der Waals surface area contributed by atoms with Crippen LogP contribution in [0.1, 0.15) is 11.3 Å². The van der Waals surface area contributed by atoms with Crippen LogP contribution < -0.4 is 10.5 Å². The maximum absolute atomic E-state index is 7.51. The molecule has 1 heterocycles. The number of aromatic nitrogens is 1. The smallest absolute Gasteiger partial charge is 0.220 e. The van der Waals surface area contributed by atoms with E-state index in [9.17, 15) is 0 Å². The highest BCUT2D eigenvalue weighted by molar-refractivity contribution is 5.95. The summed E-state index contributed by atoms with van der Waals surface area (Å²) in [6, 6.07) is 17.4. The second-order valence-electron chi connectivity index (χ2n) is 4.86. The number of nitrogens with two attached hydrogens (primary N) is 1. The summed E-state index contributed by atoms with van der Waals surface area (Å²) >= 11 is 0. The van der Waals surface area contributed by atoms with Crippen molar-refractivity contribution < 1.29 is 4.74 Å². The molecule has 3 rings (SSSR count). The number of benzene rings is 2. The van der Waals surface area contributed by atoms with Crippen LogP contribution in [-0.4, -0.2) is 10.8 Å². The van der Waals surface area contributed by atoms with Crippen molar-refractivity contribution in [3.63, 3.8) is 0 Å². The number of amidine groups is 1. The Kier molecular flexibility index (Phi) is 3.28. The molecule has 0 aliphatic carbocycles. The fraction of sp³-hybridized carbons (Fsp3) is 0.0588. The van der Waals surface area contributed by atoms with Crippen LogP contribution in [0.2, 0.25) is 0 Å². The van der Waals surface area contributed by atoms with Gasteiger partial charge in [-0.05, 0) is 35.9 Å². The van der Waals surface area contributed by atoms with E-state index in [0.29, 0.717) is 17.2 Å². The van der Waals surface area contributed by atoms with E-state index in [-0.39, 0.29) is 5.84 Å². The van der Waals surface area contributed by atoms with Gasteiger partial charge in [-0.25, -0.2) is 4.98 Å². The van der Waals surface area contributed by atoms with Crippen molar-refractivity contribution in [3.8, 4) is 11.6 Å². The van der Waals surface area contributed by atoms with Gasteiger partial charge in [0.25, 0.3) is 0 Å². The molecule has 0 unspecified atom stereocenters. The van der Waals surface area contributed by atoms with Gasteiger partial charge in [0.2, 0.25) is 5.88 Å². The van der Waals surface area contributed by atoms with Gasteiger partial charge in [0, 0.05) is 17.3 Å². The summed E-state index contributed by atoms with van der Waals surface area (Å²) in [6.07, 6.45) is 0. The van der Waals surface area contributed by atoms with Gasteiger partial charge in [-0.2, -0.15) is 0 Å². The number of hydrogen-bond donors (Lipinski definition) is 2. The molecule has 3 aromatic rings. The Morgan fingerprint density at radius 2 is 1.81 bits per heavy atom. The SMILES string of the molecule is Cc1cc(C(=N)N)cc(Oc2ccc3ccccc3c2)n1. The summed E-state index contributed by atoms with van der Waals surface area (Å²) in [5.74, 6) is 1.15. The van der Waals surface area contributed by atoms with Crippen LogP contribution in [-0.2, 0) is 0 Å². The highest BCUT2D eigenvalue weighted by atomic mass is 16.5. The summed E-state index contributed by atoms with van der Waals surface area (Å²) in [7, 11) is 0. The number of ether oxygens (including phenoxy) is 1. The molecule has 21 heavy (non-hydrogen) atoms. The predicted molar refractivity (Wildman–Crippen MR) is 84.0 cm³/mol. The first-order valence-electron chi connectivity index (χ1n) is 6.61. The van der Waals surface area contributed by atoms with Gasteiger partial charge in [-0.15, -0.1) is 0 Å². The molecule has 0 atom stereocenters. The lowest BCUT2D eigenvalue weighted by atomic mass is 10.1. The van der Waals surface area contributed by atoms with Crippen molar-refractivity contribution in [2.75, 3.05) is 0 Å². The lowest BCUT2D eigenvalue weighted by molar-refractivity contribution is 0.462. The van der Waals surface area contributed by atoms with Crippen molar-refractivity contribution in [3.05, 3.63) is 65.9 Å². The molecule has 0 saturated carbocycles. The molecule has 0 aliphatic rings. The fourth-order valence-corrected chi connectivity index (χ4v) is 2.20. The molecular weight excluding hydrogens is 262 g/mol. The summed E-state index contributed by atoms with van der Waals surface area (Å²) in [5.41, 5.74) is 6.89. The quantitative estimate of drug-likeness (QED) is 0.567. The van der Waals surface area contributed by atoms with Crippen molar-refractivity contribution in [2.45, 2.75) is 6.92 Å². The van der Waals surface area contributed by atoms with E-state index in [4.69, 9.17) is 15.9 Å². The van der Waals surface area contributed by atoms with E-state index in [1.807, 2.05) is 43.3 Å². The lowest BCUT2D eigenvalue weighted by Crippen LogP contribution is -2.11. The zero-order valence-corrected chi connectivity index (χ0v) is 11.6. The Bertz CT molecular complexity index is 827. The molecule has 3 N–H and O–H groups in total. The standard InChI is InChI=1S/C17H15N3O/c1-11-8-14(17(18)19)10-16(20-11)21-15-7-6-12-4-2-3-5-13(12)9-15/h2-10H,1H3,(H3,18,19). The third kappa shape index (κ3) is 2.84. The molecule has 0 amide bonds. The van der Waals surface area contributed by atoms with E-state index in [1.54, 1.807) is 12.1 Å². The summed E-state index contributed by atoms with van der Waals surface area (Å²) in [6.45, 7) is 1.85. The van der Waals surface area contributed by atoms with Gasteiger partial charge in [-0.1, -0.05) is 30.3 Å². The summed E-state index contributed by atoms with van der Waals surface area (Å²) in [4.78, 5) is 4.32. The molecule has 0 bridgehead atoms. The van der Waals surface area contributed by atoms with Gasteiger partial charge in [-0.3, -0.25) is 5.41 Å². The van der Waals surface area contributed by atoms with Crippen LogP contribution in [0.25, 0.3) is 10.8 Å². The molecule has 0 spiro atoms. The third-order valence-electron chi connectivity index (χ3n) is 3.18. The number of nitrogen functional groups attached to an aromatic ring is 1. The van der Waals surface area contributed by atoms with E-state index in [0.717, 1.165) is 16.5 Å². The van der Waals surface area contributed by atoms with Gasteiger partial charge in [0.1, 0.15) is 11.6 Å². The van der Waals surface area contributed by atoms with Crippen molar-refractivity contribution in [1.82, 2.24) is 4.98 Å². The minimum Gasteiger partial charge on any atom is -0.439 e. The maximum atomic E-state index is 7.51. The average Bonchev–Trinajstić information content (AvgIpc) is 2.46. The number of nitrogens with one attached hydrogen (secondary N) is 1. The highest BCUT2D eigenvalue weighted by Gasteiger charge is 2.05. The third-order valence-corrected chi connectivity index (χ3v) is 3.18. The topological polar surface area (TPSA) is 72.0 Å². The van der Waals surface area contributed by atoms with Crippen LogP contribution in [0.15, 0.2) is 54.6 Å². The van der Waals surface area contributed by atoms with Gasteiger partial charge in [0.15, 0.2) is 0 Å².